The van der Waals surface area contributed by atoms with Gasteiger partial charge in [0.1, 0.15) is 6.04 Å². The third kappa shape index (κ3) is 5.66. The maximum atomic E-state index is 12.5. The van der Waals surface area contributed by atoms with Gasteiger partial charge in [-0.3, -0.25) is 4.79 Å². The van der Waals surface area contributed by atoms with Gasteiger partial charge in [-0.25, -0.2) is 0 Å². The third-order valence-electron chi connectivity index (χ3n) is 4.78. The highest BCUT2D eigenvalue weighted by Gasteiger charge is 2.23. The maximum absolute atomic E-state index is 12.5. The molecule has 6 nitrogen and oxygen atoms in total. The number of aromatic nitrogens is 2. The van der Waals surface area contributed by atoms with Gasteiger partial charge in [-0.1, -0.05) is 65.7 Å². The number of carbonyl (C=O) groups excluding carboxylic acids is 1. The lowest BCUT2D eigenvalue weighted by Gasteiger charge is -2.17. The summed E-state index contributed by atoms with van der Waals surface area (Å²) in [5, 5.41) is 15.5. The zero-order chi connectivity index (χ0) is 22.3. The molecule has 0 radical (unpaired) electrons. The van der Waals surface area contributed by atoms with Gasteiger partial charge in [0.2, 0.25) is 5.89 Å². The molecule has 4 rings (SSSR count). The van der Waals surface area contributed by atoms with E-state index >= 15 is 0 Å². The van der Waals surface area contributed by atoms with Crippen molar-refractivity contribution in [2.45, 2.75) is 12.5 Å². The fourth-order valence-electron chi connectivity index (χ4n) is 3.13. The van der Waals surface area contributed by atoms with E-state index in [1.807, 2.05) is 66.7 Å². The van der Waals surface area contributed by atoms with Crippen LogP contribution in [0.1, 0.15) is 33.7 Å². The highest BCUT2D eigenvalue weighted by atomic mass is 35.5. The minimum atomic E-state index is -0.446. The molecule has 0 saturated carbocycles. The van der Waals surface area contributed by atoms with E-state index in [0.29, 0.717) is 23.0 Å². The lowest BCUT2D eigenvalue weighted by atomic mass is 10.1. The number of rotatable bonds is 8. The molecule has 32 heavy (non-hydrogen) atoms. The lowest BCUT2D eigenvalue weighted by Crippen LogP contribution is -2.26. The Labute approximate surface area is 195 Å². The van der Waals surface area contributed by atoms with Crippen molar-refractivity contribution in [1.29, 1.82) is 0 Å². The van der Waals surface area contributed by atoms with Crippen molar-refractivity contribution in [1.82, 2.24) is 15.5 Å². The molecule has 0 unspecified atom stereocenters. The third-order valence-corrected chi connectivity index (χ3v) is 5.29. The fourth-order valence-corrected chi connectivity index (χ4v) is 3.39. The van der Waals surface area contributed by atoms with Crippen molar-refractivity contribution in [2.24, 2.45) is 0 Å². The van der Waals surface area contributed by atoms with Crippen LogP contribution >= 0.6 is 23.2 Å². The summed E-state index contributed by atoms with van der Waals surface area (Å²) in [4.78, 5) is 12.5. The van der Waals surface area contributed by atoms with Crippen molar-refractivity contribution in [3.05, 3.63) is 112 Å². The molecule has 0 fully saturated rings. The van der Waals surface area contributed by atoms with E-state index in [2.05, 4.69) is 20.8 Å². The first-order chi connectivity index (χ1) is 15.6. The van der Waals surface area contributed by atoms with Gasteiger partial charge < -0.3 is 15.1 Å². The second-order valence-electron chi connectivity index (χ2n) is 7.07. The number of nitrogens with one attached hydrogen (secondary N) is 2. The van der Waals surface area contributed by atoms with Crippen LogP contribution in [0.5, 0.6) is 0 Å². The number of amides is 1. The topological polar surface area (TPSA) is 80.0 Å². The van der Waals surface area contributed by atoms with Crippen LogP contribution in [0, 0.1) is 0 Å². The average Bonchev–Trinajstić information content (AvgIpc) is 3.30. The Morgan fingerprint density at radius 1 is 0.875 bits per heavy atom. The van der Waals surface area contributed by atoms with Gasteiger partial charge in [-0.05, 0) is 53.9 Å². The van der Waals surface area contributed by atoms with Crippen LogP contribution in [-0.4, -0.2) is 22.6 Å². The molecule has 8 heteroatoms. The van der Waals surface area contributed by atoms with Crippen molar-refractivity contribution in [3.8, 4) is 0 Å². The number of benzene rings is 3. The number of nitrogens with zero attached hydrogens (tertiary/aromatic N) is 2. The van der Waals surface area contributed by atoms with Crippen LogP contribution in [0.2, 0.25) is 10.0 Å². The smallest absolute Gasteiger partial charge is 0.308 e. The molecule has 1 heterocycles. The summed E-state index contributed by atoms with van der Waals surface area (Å²) in [7, 11) is 0. The average molecular weight is 467 g/mol. The van der Waals surface area contributed by atoms with E-state index in [1.54, 1.807) is 12.1 Å². The van der Waals surface area contributed by atoms with E-state index in [0.717, 1.165) is 16.8 Å². The summed E-state index contributed by atoms with van der Waals surface area (Å²) in [6.07, 6.45) is 0.660. The molecular weight excluding hydrogens is 447 g/mol. The molecule has 0 bridgehead atoms. The van der Waals surface area contributed by atoms with Crippen molar-refractivity contribution >= 4 is 34.8 Å². The second kappa shape index (κ2) is 10.3. The molecular formula is C24H20Cl2N4O2. The number of halogens is 2. The molecule has 1 aromatic heterocycles. The first kappa shape index (κ1) is 21.9. The molecule has 0 aliphatic heterocycles. The lowest BCUT2D eigenvalue weighted by molar-refractivity contribution is 0.0917. The SMILES string of the molecule is O=C(NCCc1ccc(Cl)cc1)c1nnc([C@H](Nc2ccccc2)c2ccc(Cl)cc2)o1. The van der Waals surface area contributed by atoms with Gasteiger partial charge in [0.15, 0.2) is 0 Å². The van der Waals surface area contributed by atoms with Crippen LogP contribution in [-0.2, 0) is 6.42 Å². The second-order valence-corrected chi connectivity index (χ2v) is 7.95. The van der Waals surface area contributed by atoms with Crippen LogP contribution in [0.3, 0.4) is 0 Å². The Balaban J connectivity index is 1.46. The van der Waals surface area contributed by atoms with Crippen LogP contribution in [0.4, 0.5) is 5.69 Å². The molecule has 1 atom stereocenters. The first-order valence-electron chi connectivity index (χ1n) is 10.0. The first-order valence-corrected chi connectivity index (χ1v) is 10.8. The largest absolute Gasteiger partial charge is 0.414 e. The Morgan fingerprint density at radius 2 is 1.53 bits per heavy atom. The van der Waals surface area contributed by atoms with Gasteiger partial charge in [0.05, 0.1) is 0 Å². The standard InChI is InChI=1S/C24H20Cl2N4O2/c25-18-10-6-16(7-11-18)14-15-27-22(31)24-30-29-23(32-24)21(17-8-12-19(26)13-9-17)28-20-4-2-1-3-5-20/h1-13,21,28H,14-15H2,(H,27,31)/t21-/m1/s1. The van der Waals surface area contributed by atoms with E-state index < -0.39 is 11.9 Å². The van der Waals surface area contributed by atoms with E-state index in [9.17, 15) is 4.79 Å². The van der Waals surface area contributed by atoms with E-state index in [4.69, 9.17) is 27.6 Å². The molecule has 1 amide bonds. The zero-order valence-electron chi connectivity index (χ0n) is 17.0. The minimum absolute atomic E-state index is 0.0927. The number of hydrogen-bond donors (Lipinski definition) is 2. The Bertz CT molecular complexity index is 1160. The summed E-state index contributed by atoms with van der Waals surface area (Å²) in [5.74, 6) is -0.240. The Hall–Kier alpha value is -3.35. The molecule has 0 spiro atoms. The molecule has 162 valence electrons. The number of carbonyl (C=O) groups is 1. The van der Waals surface area contributed by atoms with Gasteiger partial charge in [0.25, 0.3) is 0 Å². The normalized spacial score (nSPS) is 11.7. The van der Waals surface area contributed by atoms with Crippen LogP contribution < -0.4 is 10.6 Å². The Kier molecular flexibility index (Phi) is 7.04. The summed E-state index contributed by atoms with van der Waals surface area (Å²) in [6.45, 7) is 0.432. The predicted octanol–water partition coefficient (Wildman–Crippen LogP) is 5.55. The van der Waals surface area contributed by atoms with Gasteiger partial charge in [-0.2, -0.15) is 0 Å². The molecule has 4 aromatic rings. The monoisotopic (exact) mass is 466 g/mol. The minimum Gasteiger partial charge on any atom is -0.414 e. The quantitative estimate of drug-likeness (QED) is 0.355. The summed E-state index contributed by atoms with van der Waals surface area (Å²) in [6, 6.07) is 24.0. The summed E-state index contributed by atoms with van der Waals surface area (Å²) < 4.78 is 5.74. The predicted molar refractivity (Wildman–Crippen MR) is 125 cm³/mol. The highest BCUT2D eigenvalue weighted by Crippen LogP contribution is 2.27. The fraction of sp³-hybridized carbons (Fsp3) is 0.125. The van der Waals surface area contributed by atoms with Gasteiger partial charge in [-0.15, -0.1) is 10.2 Å². The van der Waals surface area contributed by atoms with Crippen molar-refractivity contribution in [2.75, 3.05) is 11.9 Å². The Morgan fingerprint density at radius 3 is 2.22 bits per heavy atom. The number of hydrogen-bond acceptors (Lipinski definition) is 5. The van der Waals surface area contributed by atoms with Crippen LogP contribution in [0.25, 0.3) is 0 Å². The summed E-state index contributed by atoms with van der Waals surface area (Å²) in [5.41, 5.74) is 2.81. The molecule has 0 aliphatic carbocycles. The van der Waals surface area contributed by atoms with Gasteiger partial charge in [0, 0.05) is 22.3 Å². The molecule has 2 N–H and O–H groups in total. The van der Waals surface area contributed by atoms with Crippen molar-refractivity contribution < 1.29 is 9.21 Å². The molecule has 3 aromatic carbocycles. The summed E-state index contributed by atoms with van der Waals surface area (Å²) >= 11 is 11.9. The van der Waals surface area contributed by atoms with E-state index in [1.165, 1.54) is 0 Å². The van der Waals surface area contributed by atoms with Crippen molar-refractivity contribution in [3.63, 3.8) is 0 Å². The van der Waals surface area contributed by atoms with Crippen LogP contribution in [0.15, 0.2) is 83.3 Å². The number of para-hydroxylation sites is 1. The van der Waals surface area contributed by atoms with E-state index in [-0.39, 0.29) is 11.8 Å². The van der Waals surface area contributed by atoms with Gasteiger partial charge >= 0.3 is 11.8 Å². The maximum Gasteiger partial charge on any atom is 0.308 e. The zero-order valence-corrected chi connectivity index (χ0v) is 18.5. The number of anilines is 1. The molecule has 0 saturated heterocycles. The highest BCUT2D eigenvalue weighted by molar-refractivity contribution is 6.30. The molecule has 0 aliphatic rings.